The highest BCUT2D eigenvalue weighted by Crippen LogP contribution is 2.22. The van der Waals surface area contributed by atoms with Crippen molar-refractivity contribution in [1.29, 1.82) is 0 Å². The predicted molar refractivity (Wildman–Crippen MR) is 129 cm³/mol. The van der Waals surface area contributed by atoms with E-state index in [0.29, 0.717) is 31.2 Å². The molecular weight excluding hydrogens is 495 g/mol. The Kier molecular flexibility index (Phi) is 9.16. The first-order valence-electron chi connectivity index (χ1n) is 10.2. The smallest absolute Gasteiger partial charge is 0.226 e. The Balaban J connectivity index is 0.00000320. The van der Waals surface area contributed by atoms with Crippen molar-refractivity contribution in [3.63, 3.8) is 0 Å². The molecule has 3 N–H and O–H groups in total. The van der Waals surface area contributed by atoms with Gasteiger partial charge in [0.25, 0.3) is 0 Å². The maximum absolute atomic E-state index is 12.1. The van der Waals surface area contributed by atoms with Gasteiger partial charge < -0.3 is 25.1 Å². The number of amides is 1. The lowest BCUT2D eigenvalue weighted by molar-refractivity contribution is -0.119. The molecule has 7 nitrogen and oxygen atoms in total. The van der Waals surface area contributed by atoms with E-state index in [9.17, 15) is 9.90 Å². The maximum atomic E-state index is 12.1. The molecule has 1 aromatic heterocycles. The summed E-state index contributed by atoms with van der Waals surface area (Å²) in [6.45, 7) is 5.95. The highest BCUT2D eigenvalue weighted by molar-refractivity contribution is 14.0. The lowest BCUT2D eigenvalue weighted by atomic mass is 10.0. The molecule has 0 radical (unpaired) electrons. The molecule has 3 rings (SSSR count). The van der Waals surface area contributed by atoms with E-state index in [1.54, 1.807) is 25.3 Å². The molecule has 1 unspecified atom stereocenters. The van der Waals surface area contributed by atoms with Gasteiger partial charge in [0.1, 0.15) is 11.4 Å². The summed E-state index contributed by atoms with van der Waals surface area (Å²) in [6.07, 6.45) is 4.21. The Morgan fingerprint density at radius 3 is 2.63 bits per heavy atom. The number of furan rings is 1. The van der Waals surface area contributed by atoms with Gasteiger partial charge in [-0.05, 0) is 56.5 Å². The number of benzene rings is 1. The minimum Gasteiger partial charge on any atom is -0.466 e. The number of piperidine rings is 1. The van der Waals surface area contributed by atoms with E-state index < -0.39 is 5.60 Å². The molecule has 2 aromatic rings. The van der Waals surface area contributed by atoms with Crippen LogP contribution in [0.4, 0.5) is 5.69 Å². The normalized spacial score (nSPS) is 16.6. The number of halogens is 1. The molecule has 2 heterocycles. The summed E-state index contributed by atoms with van der Waals surface area (Å²) >= 11 is 0. The van der Waals surface area contributed by atoms with Crippen molar-refractivity contribution in [2.24, 2.45) is 4.99 Å². The first-order valence-corrected chi connectivity index (χ1v) is 10.2. The van der Waals surface area contributed by atoms with Gasteiger partial charge in [0.15, 0.2) is 5.96 Å². The zero-order valence-corrected chi connectivity index (χ0v) is 19.9. The SMILES string of the molecule is CCNC(=NCc1ccc(N2CCCCC2=O)cc1)NCC(C)(O)c1ccco1.I. The van der Waals surface area contributed by atoms with Crippen molar-refractivity contribution in [2.75, 3.05) is 24.5 Å². The van der Waals surface area contributed by atoms with Gasteiger partial charge in [-0.1, -0.05) is 12.1 Å². The fraction of sp³-hybridized carbons (Fsp3) is 0.455. The second-order valence-electron chi connectivity index (χ2n) is 7.47. The summed E-state index contributed by atoms with van der Waals surface area (Å²) in [5.74, 6) is 1.32. The van der Waals surface area contributed by atoms with Gasteiger partial charge >= 0.3 is 0 Å². The monoisotopic (exact) mass is 526 g/mol. The van der Waals surface area contributed by atoms with Crippen LogP contribution >= 0.6 is 24.0 Å². The van der Waals surface area contributed by atoms with E-state index in [0.717, 1.165) is 30.6 Å². The van der Waals surface area contributed by atoms with E-state index in [2.05, 4.69) is 15.6 Å². The number of guanidine groups is 1. The third-order valence-electron chi connectivity index (χ3n) is 4.99. The fourth-order valence-corrected chi connectivity index (χ4v) is 3.30. The Bertz CT molecular complexity index is 819. The van der Waals surface area contributed by atoms with Crippen molar-refractivity contribution < 1.29 is 14.3 Å². The summed E-state index contributed by atoms with van der Waals surface area (Å²) in [4.78, 5) is 18.5. The summed E-state index contributed by atoms with van der Waals surface area (Å²) in [5.41, 5.74) is 0.859. The quantitative estimate of drug-likeness (QED) is 0.293. The zero-order chi connectivity index (χ0) is 20.7. The molecule has 1 amide bonds. The van der Waals surface area contributed by atoms with Gasteiger partial charge in [-0.3, -0.25) is 4.79 Å². The minimum atomic E-state index is -1.14. The zero-order valence-electron chi connectivity index (χ0n) is 17.6. The van der Waals surface area contributed by atoms with Crippen molar-refractivity contribution in [3.05, 3.63) is 54.0 Å². The minimum absolute atomic E-state index is 0. The second-order valence-corrected chi connectivity index (χ2v) is 7.47. The molecule has 1 fully saturated rings. The molecular formula is C22H31IN4O3. The number of carbonyl (C=O) groups is 1. The van der Waals surface area contributed by atoms with E-state index >= 15 is 0 Å². The van der Waals surface area contributed by atoms with Crippen LogP contribution in [0.5, 0.6) is 0 Å². The van der Waals surface area contributed by atoms with Crippen molar-refractivity contribution in [3.8, 4) is 0 Å². The van der Waals surface area contributed by atoms with Crippen LogP contribution < -0.4 is 15.5 Å². The molecule has 1 atom stereocenters. The van der Waals surface area contributed by atoms with E-state index in [1.165, 1.54) is 0 Å². The molecule has 0 saturated carbocycles. The Labute approximate surface area is 195 Å². The van der Waals surface area contributed by atoms with Gasteiger partial charge in [-0.15, -0.1) is 24.0 Å². The van der Waals surface area contributed by atoms with Crippen LogP contribution in [-0.2, 0) is 16.9 Å². The average Bonchev–Trinajstić information content (AvgIpc) is 3.27. The Morgan fingerprint density at radius 2 is 2.00 bits per heavy atom. The Hall–Kier alpha value is -2.07. The van der Waals surface area contributed by atoms with E-state index in [1.807, 2.05) is 36.1 Å². The van der Waals surface area contributed by atoms with Crippen molar-refractivity contribution in [2.45, 2.75) is 45.3 Å². The molecule has 1 aliphatic rings. The largest absolute Gasteiger partial charge is 0.466 e. The number of rotatable bonds is 7. The van der Waals surface area contributed by atoms with E-state index in [-0.39, 0.29) is 36.4 Å². The summed E-state index contributed by atoms with van der Waals surface area (Å²) in [7, 11) is 0. The van der Waals surface area contributed by atoms with Crippen LogP contribution in [-0.4, -0.2) is 36.6 Å². The van der Waals surface area contributed by atoms with Crippen molar-refractivity contribution in [1.82, 2.24) is 10.6 Å². The van der Waals surface area contributed by atoms with Gasteiger partial charge in [0, 0.05) is 25.2 Å². The van der Waals surface area contributed by atoms with Crippen LogP contribution in [0.15, 0.2) is 52.1 Å². The third kappa shape index (κ3) is 6.46. The highest BCUT2D eigenvalue weighted by atomic mass is 127. The van der Waals surface area contributed by atoms with Crippen LogP contribution in [0.2, 0.25) is 0 Å². The lowest BCUT2D eigenvalue weighted by Gasteiger charge is -2.26. The number of nitrogens with one attached hydrogen (secondary N) is 2. The molecule has 0 bridgehead atoms. The summed E-state index contributed by atoms with van der Waals surface area (Å²) < 4.78 is 5.31. The number of carbonyl (C=O) groups excluding carboxylic acids is 1. The molecule has 30 heavy (non-hydrogen) atoms. The van der Waals surface area contributed by atoms with Crippen LogP contribution in [0, 0.1) is 0 Å². The molecule has 0 spiro atoms. The fourth-order valence-electron chi connectivity index (χ4n) is 3.30. The molecule has 0 aliphatic carbocycles. The second kappa shape index (κ2) is 11.4. The van der Waals surface area contributed by atoms with Crippen LogP contribution in [0.1, 0.15) is 44.4 Å². The van der Waals surface area contributed by atoms with Gasteiger partial charge in [0.2, 0.25) is 5.91 Å². The third-order valence-corrected chi connectivity index (χ3v) is 4.99. The van der Waals surface area contributed by atoms with Crippen molar-refractivity contribution >= 4 is 41.5 Å². The number of aliphatic hydroxyl groups is 1. The predicted octanol–water partition coefficient (Wildman–Crippen LogP) is 3.38. The van der Waals surface area contributed by atoms with Gasteiger partial charge in [-0.25, -0.2) is 4.99 Å². The van der Waals surface area contributed by atoms with Gasteiger partial charge in [-0.2, -0.15) is 0 Å². The van der Waals surface area contributed by atoms with Crippen LogP contribution in [0.25, 0.3) is 0 Å². The first kappa shape index (κ1) is 24.2. The van der Waals surface area contributed by atoms with E-state index in [4.69, 9.17) is 4.42 Å². The first-order chi connectivity index (χ1) is 14.0. The number of aliphatic imine (C=N–C) groups is 1. The number of nitrogens with zero attached hydrogens (tertiary/aromatic N) is 2. The number of hydrogen-bond acceptors (Lipinski definition) is 4. The van der Waals surface area contributed by atoms with Gasteiger partial charge in [0.05, 0.1) is 19.4 Å². The summed E-state index contributed by atoms with van der Waals surface area (Å²) in [5, 5.41) is 16.9. The standard InChI is InChI=1S/C22H30N4O3.HI/c1-3-23-21(25-16-22(2,28)19-7-6-14-29-19)24-15-17-9-11-18(12-10-17)26-13-5-4-8-20(26)27;/h6-7,9-12,14,28H,3-5,8,13,15-16H2,1-2H3,(H2,23,24,25);1H. The molecule has 8 heteroatoms. The lowest BCUT2D eigenvalue weighted by Crippen LogP contribution is -2.44. The molecule has 164 valence electrons. The average molecular weight is 526 g/mol. The Morgan fingerprint density at radius 1 is 1.23 bits per heavy atom. The topological polar surface area (TPSA) is 90.1 Å². The molecule has 1 saturated heterocycles. The maximum Gasteiger partial charge on any atom is 0.226 e. The highest BCUT2D eigenvalue weighted by Gasteiger charge is 2.26. The summed E-state index contributed by atoms with van der Waals surface area (Å²) in [6, 6.07) is 11.5. The number of hydrogen-bond donors (Lipinski definition) is 3. The molecule has 1 aromatic carbocycles. The number of anilines is 1. The molecule has 1 aliphatic heterocycles. The van der Waals surface area contributed by atoms with Crippen LogP contribution in [0.3, 0.4) is 0 Å².